The van der Waals surface area contributed by atoms with Gasteiger partial charge in [-0.3, -0.25) is 4.68 Å². The standard InChI is InChI=1S/C15H15F3N2/c1-9-7-10(2)20(19-9)14-6-4-11-3-5-12(8-13(11)14)15(16,17)18/h3,5,7-8,14H,4,6H2,1-2H3. The van der Waals surface area contributed by atoms with Crippen molar-refractivity contribution in [3.05, 3.63) is 52.3 Å². The van der Waals surface area contributed by atoms with E-state index < -0.39 is 11.7 Å². The highest BCUT2D eigenvalue weighted by molar-refractivity contribution is 5.39. The van der Waals surface area contributed by atoms with E-state index in [1.54, 1.807) is 6.07 Å². The Kier molecular flexibility index (Phi) is 2.88. The summed E-state index contributed by atoms with van der Waals surface area (Å²) in [4.78, 5) is 0. The topological polar surface area (TPSA) is 17.8 Å². The molecule has 1 atom stereocenters. The van der Waals surface area contributed by atoms with Gasteiger partial charge in [-0.15, -0.1) is 0 Å². The van der Waals surface area contributed by atoms with E-state index >= 15 is 0 Å². The molecule has 1 heterocycles. The Morgan fingerprint density at radius 1 is 1.20 bits per heavy atom. The van der Waals surface area contributed by atoms with Gasteiger partial charge in [0.1, 0.15) is 0 Å². The Labute approximate surface area is 115 Å². The summed E-state index contributed by atoms with van der Waals surface area (Å²) in [6.07, 6.45) is -2.69. The van der Waals surface area contributed by atoms with Crippen molar-refractivity contribution in [1.82, 2.24) is 9.78 Å². The zero-order valence-corrected chi connectivity index (χ0v) is 11.3. The van der Waals surface area contributed by atoms with Gasteiger partial charge in [0.05, 0.1) is 17.3 Å². The van der Waals surface area contributed by atoms with Crippen LogP contribution in [0.5, 0.6) is 0 Å². The molecule has 0 radical (unpaired) electrons. The molecular formula is C15H15F3N2. The van der Waals surface area contributed by atoms with Crippen LogP contribution in [0.15, 0.2) is 24.3 Å². The molecular weight excluding hydrogens is 265 g/mol. The Balaban J connectivity index is 2.07. The zero-order chi connectivity index (χ0) is 14.5. The second-order valence-electron chi connectivity index (χ2n) is 5.34. The van der Waals surface area contributed by atoms with Crippen molar-refractivity contribution in [2.75, 3.05) is 0 Å². The minimum atomic E-state index is -4.29. The lowest BCUT2D eigenvalue weighted by atomic mass is 10.0. The molecule has 106 valence electrons. The third-order valence-corrected chi connectivity index (χ3v) is 3.86. The van der Waals surface area contributed by atoms with Crippen molar-refractivity contribution >= 4 is 0 Å². The van der Waals surface area contributed by atoms with E-state index in [0.717, 1.165) is 35.4 Å². The highest BCUT2D eigenvalue weighted by Gasteiger charge is 2.34. The fraction of sp³-hybridized carbons (Fsp3) is 0.400. The smallest absolute Gasteiger partial charge is 0.262 e. The summed E-state index contributed by atoms with van der Waals surface area (Å²) < 4.78 is 40.4. The van der Waals surface area contributed by atoms with Gasteiger partial charge in [-0.2, -0.15) is 18.3 Å². The fourth-order valence-electron chi connectivity index (χ4n) is 2.97. The number of aromatic nitrogens is 2. The molecule has 1 aromatic heterocycles. The molecule has 1 aliphatic rings. The summed E-state index contributed by atoms with van der Waals surface area (Å²) in [6, 6.07) is 5.92. The van der Waals surface area contributed by atoms with Crippen LogP contribution in [-0.4, -0.2) is 9.78 Å². The average Bonchev–Trinajstić information content (AvgIpc) is 2.90. The summed E-state index contributed by atoms with van der Waals surface area (Å²) in [6.45, 7) is 3.83. The maximum atomic E-state index is 12.8. The number of rotatable bonds is 1. The Bertz CT molecular complexity index is 656. The lowest BCUT2D eigenvalue weighted by molar-refractivity contribution is -0.137. The van der Waals surface area contributed by atoms with Crippen LogP contribution in [0.25, 0.3) is 0 Å². The molecule has 1 unspecified atom stereocenters. The Morgan fingerprint density at radius 2 is 1.95 bits per heavy atom. The van der Waals surface area contributed by atoms with E-state index in [0.29, 0.717) is 0 Å². The highest BCUT2D eigenvalue weighted by atomic mass is 19.4. The second kappa shape index (κ2) is 4.36. The summed E-state index contributed by atoms with van der Waals surface area (Å²) in [7, 11) is 0. The minimum Gasteiger partial charge on any atom is -0.262 e. The molecule has 0 fully saturated rings. The first-order valence-electron chi connectivity index (χ1n) is 6.59. The van der Waals surface area contributed by atoms with Crippen molar-refractivity contribution < 1.29 is 13.2 Å². The van der Waals surface area contributed by atoms with Crippen LogP contribution < -0.4 is 0 Å². The summed E-state index contributed by atoms with van der Waals surface area (Å²) in [5.74, 6) is 0. The largest absolute Gasteiger partial charge is 0.416 e. The zero-order valence-electron chi connectivity index (χ0n) is 11.3. The van der Waals surface area contributed by atoms with E-state index in [2.05, 4.69) is 5.10 Å². The lowest BCUT2D eigenvalue weighted by Gasteiger charge is -2.16. The summed E-state index contributed by atoms with van der Waals surface area (Å²) in [5, 5.41) is 4.42. The predicted molar refractivity (Wildman–Crippen MR) is 69.6 cm³/mol. The quantitative estimate of drug-likeness (QED) is 0.770. The lowest BCUT2D eigenvalue weighted by Crippen LogP contribution is -2.12. The molecule has 2 aromatic rings. The van der Waals surface area contributed by atoms with Gasteiger partial charge < -0.3 is 0 Å². The van der Waals surface area contributed by atoms with Gasteiger partial charge >= 0.3 is 6.18 Å². The molecule has 3 rings (SSSR count). The number of halogens is 3. The predicted octanol–water partition coefficient (Wildman–Crippen LogP) is 4.05. The molecule has 0 spiro atoms. The molecule has 1 aromatic carbocycles. The first-order valence-corrected chi connectivity index (χ1v) is 6.59. The fourth-order valence-corrected chi connectivity index (χ4v) is 2.97. The second-order valence-corrected chi connectivity index (χ2v) is 5.34. The minimum absolute atomic E-state index is 0.0824. The number of hydrogen-bond acceptors (Lipinski definition) is 1. The molecule has 0 saturated carbocycles. The SMILES string of the molecule is Cc1cc(C)n(C2CCc3ccc(C(F)(F)F)cc32)n1. The van der Waals surface area contributed by atoms with Gasteiger partial charge in [0, 0.05) is 5.69 Å². The number of hydrogen-bond donors (Lipinski definition) is 0. The van der Waals surface area contributed by atoms with Gasteiger partial charge in [0.2, 0.25) is 0 Å². The first kappa shape index (κ1) is 13.2. The summed E-state index contributed by atoms with van der Waals surface area (Å²) in [5.41, 5.74) is 3.05. The van der Waals surface area contributed by atoms with Crippen molar-refractivity contribution in [3.8, 4) is 0 Å². The van der Waals surface area contributed by atoms with E-state index in [-0.39, 0.29) is 6.04 Å². The van der Waals surface area contributed by atoms with Crippen LogP contribution in [0.3, 0.4) is 0 Å². The maximum Gasteiger partial charge on any atom is 0.416 e. The number of benzene rings is 1. The van der Waals surface area contributed by atoms with E-state index in [4.69, 9.17) is 0 Å². The highest BCUT2D eigenvalue weighted by Crippen LogP contribution is 2.39. The van der Waals surface area contributed by atoms with Crippen LogP contribution in [0.1, 0.15) is 40.5 Å². The summed E-state index contributed by atoms with van der Waals surface area (Å²) >= 11 is 0. The van der Waals surface area contributed by atoms with Crippen LogP contribution in [0.2, 0.25) is 0 Å². The van der Waals surface area contributed by atoms with Crippen LogP contribution in [-0.2, 0) is 12.6 Å². The number of fused-ring (bicyclic) bond motifs is 1. The van der Waals surface area contributed by atoms with E-state index in [1.807, 2.05) is 24.6 Å². The Hall–Kier alpha value is -1.78. The average molecular weight is 280 g/mol. The maximum absolute atomic E-state index is 12.8. The Morgan fingerprint density at radius 3 is 2.55 bits per heavy atom. The van der Waals surface area contributed by atoms with Gasteiger partial charge in [-0.1, -0.05) is 6.07 Å². The van der Waals surface area contributed by atoms with Crippen LogP contribution in [0.4, 0.5) is 13.2 Å². The molecule has 20 heavy (non-hydrogen) atoms. The number of nitrogens with zero attached hydrogens (tertiary/aromatic N) is 2. The van der Waals surface area contributed by atoms with Gasteiger partial charge in [0.25, 0.3) is 0 Å². The van der Waals surface area contributed by atoms with Crippen molar-refractivity contribution in [3.63, 3.8) is 0 Å². The molecule has 0 amide bonds. The van der Waals surface area contributed by atoms with Crippen molar-refractivity contribution in [2.24, 2.45) is 0 Å². The van der Waals surface area contributed by atoms with Gasteiger partial charge in [-0.25, -0.2) is 0 Å². The number of alkyl halides is 3. The van der Waals surface area contributed by atoms with Crippen LogP contribution in [0, 0.1) is 13.8 Å². The first-order chi connectivity index (χ1) is 9.36. The molecule has 1 aliphatic carbocycles. The normalized spacial score (nSPS) is 18.4. The van der Waals surface area contributed by atoms with E-state index in [1.165, 1.54) is 12.1 Å². The van der Waals surface area contributed by atoms with Crippen LogP contribution >= 0.6 is 0 Å². The van der Waals surface area contributed by atoms with E-state index in [9.17, 15) is 13.2 Å². The monoisotopic (exact) mass is 280 g/mol. The van der Waals surface area contributed by atoms with Crippen molar-refractivity contribution in [2.45, 2.75) is 38.9 Å². The molecule has 0 aliphatic heterocycles. The van der Waals surface area contributed by atoms with Crippen molar-refractivity contribution in [1.29, 1.82) is 0 Å². The molecule has 0 bridgehead atoms. The molecule has 2 nitrogen and oxygen atoms in total. The van der Waals surface area contributed by atoms with Gasteiger partial charge in [0.15, 0.2) is 0 Å². The molecule has 0 saturated heterocycles. The number of aryl methyl sites for hydroxylation is 3. The molecule has 5 heteroatoms. The van der Waals surface area contributed by atoms with Gasteiger partial charge in [-0.05, 0) is 56.0 Å². The third kappa shape index (κ3) is 2.11. The molecule has 0 N–H and O–H groups in total. The third-order valence-electron chi connectivity index (χ3n) is 3.86.